The molecule has 1 aliphatic heterocycles. The number of aromatic nitrogens is 7. The van der Waals surface area contributed by atoms with Crippen molar-refractivity contribution in [3.05, 3.63) is 29.3 Å². The van der Waals surface area contributed by atoms with Crippen LogP contribution in [0, 0.1) is 0 Å². The van der Waals surface area contributed by atoms with E-state index in [0.29, 0.717) is 42.1 Å². The summed E-state index contributed by atoms with van der Waals surface area (Å²) in [4.78, 5) is 50.9. The Labute approximate surface area is 214 Å². The van der Waals surface area contributed by atoms with Crippen LogP contribution in [-0.4, -0.2) is 83.9 Å². The predicted octanol–water partition coefficient (Wildman–Crippen LogP) is 1.11. The largest absolute Gasteiger partial charge is 0.463 e. The molecule has 0 unspecified atom stereocenters. The number of rotatable bonds is 10. The Balaban J connectivity index is 1.67. The average molecular weight is 528 g/mol. The van der Waals surface area contributed by atoms with Crippen LogP contribution in [0.15, 0.2) is 24.0 Å². The minimum atomic E-state index is -1.09. The fraction of sp³-hybridized carbons (Fsp3) is 0.524. The highest BCUT2D eigenvalue weighted by Crippen LogP contribution is 2.36. The van der Waals surface area contributed by atoms with Crippen molar-refractivity contribution < 1.29 is 33.3 Å². The van der Waals surface area contributed by atoms with Crippen molar-refractivity contribution in [2.45, 2.75) is 58.3 Å². The van der Waals surface area contributed by atoms with Gasteiger partial charge in [-0.25, -0.2) is 15.0 Å². The minimum Gasteiger partial charge on any atom is -0.463 e. The van der Waals surface area contributed by atoms with Crippen LogP contribution >= 0.6 is 0 Å². The number of fused-ring (bicyclic) bond motifs is 1. The minimum absolute atomic E-state index is 0.239. The van der Waals surface area contributed by atoms with E-state index in [1.807, 2.05) is 0 Å². The van der Waals surface area contributed by atoms with Crippen LogP contribution in [0.25, 0.3) is 33.0 Å². The molecule has 3 aromatic heterocycles. The van der Waals surface area contributed by atoms with E-state index in [4.69, 9.17) is 24.5 Å². The SMILES string of the molecule is CC(=O)OC[C@H]1O[C@@H](n2cnc3c(-c4cn(CCCN=[N+]=[N-])nn4)ncnc32)[C@H](OC(C)=O)[C@@H]1OC(C)=O. The van der Waals surface area contributed by atoms with Crippen molar-refractivity contribution in [3.8, 4) is 11.4 Å². The molecule has 4 heterocycles. The molecule has 1 aliphatic rings. The standard InChI is InChI=1S/C21H24N10O7/c1-11(32)35-8-15-18(36-12(2)33)19(37-13(3)34)21(38-15)31-10-25-17-16(23-9-24-20(17)31)14-7-30(29-27-14)6-4-5-26-28-22/h7,9-10,15,18-19,21H,4-6,8H2,1-3H3/t15-,18-,19-,21-/m1/s1. The lowest BCUT2D eigenvalue weighted by atomic mass is 10.1. The first-order valence-corrected chi connectivity index (χ1v) is 11.5. The number of hydrogen-bond donors (Lipinski definition) is 0. The molecule has 0 radical (unpaired) electrons. The number of hydrogen-bond acceptors (Lipinski definition) is 13. The summed E-state index contributed by atoms with van der Waals surface area (Å²) in [5, 5.41) is 11.7. The van der Waals surface area contributed by atoms with Crippen molar-refractivity contribution in [3.63, 3.8) is 0 Å². The first-order chi connectivity index (χ1) is 18.3. The van der Waals surface area contributed by atoms with Gasteiger partial charge >= 0.3 is 17.9 Å². The quantitative estimate of drug-likeness (QED) is 0.0904. The lowest BCUT2D eigenvalue weighted by molar-refractivity contribution is -0.166. The van der Waals surface area contributed by atoms with Gasteiger partial charge in [-0.1, -0.05) is 10.3 Å². The summed E-state index contributed by atoms with van der Waals surface area (Å²) in [5.41, 5.74) is 9.91. The molecule has 0 saturated carbocycles. The van der Waals surface area contributed by atoms with Gasteiger partial charge in [0.05, 0.1) is 12.5 Å². The van der Waals surface area contributed by atoms with Crippen molar-refractivity contribution in [2.24, 2.45) is 5.11 Å². The molecule has 200 valence electrons. The van der Waals surface area contributed by atoms with Gasteiger partial charge in [-0.2, -0.15) is 0 Å². The van der Waals surface area contributed by atoms with E-state index >= 15 is 0 Å². The Hall–Kier alpha value is -4.63. The fourth-order valence-electron chi connectivity index (χ4n) is 4.01. The number of azide groups is 1. The Morgan fingerprint density at radius 3 is 2.58 bits per heavy atom. The summed E-state index contributed by atoms with van der Waals surface area (Å²) in [6.45, 7) is 4.22. The van der Waals surface area contributed by atoms with Crippen LogP contribution in [0.3, 0.4) is 0 Å². The first-order valence-electron chi connectivity index (χ1n) is 11.5. The maximum absolute atomic E-state index is 11.9. The van der Waals surface area contributed by atoms with Gasteiger partial charge in [-0.15, -0.1) is 5.10 Å². The van der Waals surface area contributed by atoms with Gasteiger partial charge in [-0.05, 0) is 12.0 Å². The van der Waals surface area contributed by atoms with Crippen molar-refractivity contribution >= 4 is 29.1 Å². The van der Waals surface area contributed by atoms with E-state index in [1.54, 1.807) is 10.9 Å². The molecule has 17 nitrogen and oxygen atoms in total. The van der Waals surface area contributed by atoms with Gasteiger partial charge in [0, 0.05) is 38.8 Å². The molecule has 0 amide bonds. The maximum atomic E-state index is 11.9. The van der Waals surface area contributed by atoms with Crippen LogP contribution < -0.4 is 0 Å². The van der Waals surface area contributed by atoms with Crippen LogP contribution in [0.1, 0.15) is 33.4 Å². The maximum Gasteiger partial charge on any atom is 0.303 e. The van der Waals surface area contributed by atoms with E-state index in [1.165, 1.54) is 38.0 Å². The smallest absolute Gasteiger partial charge is 0.303 e. The summed E-state index contributed by atoms with van der Waals surface area (Å²) in [7, 11) is 0. The van der Waals surface area contributed by atoms with Crippen LogP contribution in [0.4, 0.5) is 0 Å². The first kappa shape index (κ1) is 26.4. The number of carbonyl (C=O) groups is 3. The molecule has 0 aromatic carbocycles. The predicted molar refractivity (Wildman–Crippen MR) is 125 cm³/mol. The number of carbonyl (C=O) groups excluding carboxylic acids is 3. The highest BCUT2D eigenvalue weighted by Gasteiger charge is 2.51. The molecule has 0 N–H and O–H groups in total. The third-order valence-electron chi connectivity index (χ3n) is 5.46. The van der Waals surface area contributed by atoms with Crippen LogP contribution in [0.5, 0.6) is 0 Å². The Kier molecular flexibility index (Phi) is 8.08. The number of nitrogens with zero attached hydrogens (tertiary/aromatic N) is 10. The van der Waals surface area contributed by atoms with Crippen molar-refractivity contribution in [1.29, 1.82) is 0 Å². The molecule has 4 rings (SSSR count). The van der Waals surface area contributed by atoms with Gasteiger partial charge in [0.2, 0.25) is 0 Å². The summed E-state index contributed by atoms with van der Waals surface area (Å²) in [5.74, 6) is -1.82. The van der Waals surface area contributed by atoms with Gasteiger partial charge in [-0.3, -0.25) is 23.6 Å². The molecule has 0 aliphatic carbocycles. The Morgan fingerprint density at radius 1 is 1.11 bits per heavy atom. The summed E-state index contributed by atoms with van der Waals surface area (Å²) in [6.07, 6.45) is 0.884. The zero-order valence-electron chi connectivity index (χ0n) is 20.7. The third-order valence-corrected chi connectivity index (χ3v) is 5.46. The van der Waals surface area contributed by atoms with E-state index in [0.717, 1.165) is 0 Å². The molecule has 0 bridgehead atoms. The van der Waals surface area contributed by atoms with Gasteiger partial charge in [0.1, 0.15) is 35.9 Å². The molecule has 17 heteroatoms. The van der Waals surface area contributed by atoms with E-state index in [2.05, 4.69) is 35.3 Å². The fourth-order valence-corrected chi connectivity index (χ4v) is 4.01. The third kappa shape index (κ3) is 5.84. The molecular formula is C21H24N10O7. The van der Waals surface area contributed by atoms with Crippen LogP contribution in [-0.2, 0) is 39.9 Å². The zero-order valence-corrected chi connectivity index (χ0v) is 20.7. The second-order valence-corrected chi connectivity index (χ2v) is 8.24. The summed E-state index contributed by atoms with van der Waals surface area (Å²) < 4.78 is 25.2. The topological polar surface area (TPSA) is 211 Å². The highest BCUT2D eigenvalue weighted by atomic mass is 16.7. The number of aryl methyl sites for hydroxylation is 1. The molecule has 1 fully saturated rings. The lowest BCUT2D eigenvalue weighted by Crippen LogP contribution is -2.40. The lowest BCUT2D eigenvalue weighted by Gasteiger charge is -2.23. The normalized spacial score (nSPS) is 20.6. The molecule has 3 aromatic rings. The van der Waals surface area contributed by atoms with E-state index < -0.39 is 42.4 Å². The van der Waals surface area contributed by atoms with E-state index in [9.17, 15) is 14.4 Å². The number of ether oxygens (including phenoxy) is 4. The monoisotopic (exact) mass is 528 g/mol. The zero-order chi connectivity index (χ0) is 27.2. The molecule has 4 atom stereocenters. The van der Waals surface area contributed by atoms with Gasteiger partial charge < -0.3 is 18.9 Å². The van der Waals surface area contributed by atoms with E-state index in [-0.39, 0.29) is 6.61 Å². The number of imidazole rings is 1. The van der Waals surface area contributed by atoms with Crippen LogP contribution in [0.2, 0.25) is 0 Å². The summed E-state index contributed by atoms with van der Waals surface area (Å²) >= 11 is 0. The second-order valence-electron chi connectivity index (χ2n) is 8.24. The highest BCUT2D eigenvalue weighted by molar-refractivity contribution is 5.85. The van der Waals surface area contributed by atoms with Gasteiger partial charge in [0.25, 0.3) is 0 Å². The van der Waals surface area contributed by atoms with Crippen molar-refractivity contribution in [1.82, 2.24) is 34.5 Å². The van der Waals surface area contributed by atoms with Gasteiger partial charge in [0.15, 0.2) is 24.1 Å². The van der Waals surface area contributed by atoms with Crippen molar-refractivity contribution in [2.75, 3.05) is 13.2 Å². The molecular weight excluding hydrogens is 504 g/mol. The second kappa shape index (κ2) is 11.6. The Bertz CT molecular complexity index is 1380. The average Bonchev–Trinajstić information content (AvgIpc) is 3.58. The number of esters is 3. The molecule has 0 spiro atoms. The molecule has 1 saturated heterocycles. The molecule has 38 heavy (non-hydrogen) atoms. The summed E-state index contributed by atoms with van der Waals surface area (Å²) in [6, 6.07) is 0. The Morgan fingerprint density at radius 2 is 1.87 bits per heavy atom.